The summed E-state index contributed by atoms with van der Waals surface area (Å²) in [4.78, 5) is 27.5. The third-order valence-corrected chi connectivity index (χ3v) is 7.31. The van der Waals surface area contributed by atoms with E-state index in [1.807, 2.05) is 4.90 Å². The Balaban J connectivity index is 1.49. The average molecular weight is 364 g/mol. The maximum absolute atomic E-state index is 13.0. The van der Waals surface area contributed by atoms with Gasteiger partial charge >= 0.3 is 0 Å². The molecule has 5 nitrogen and oxygen atoms in total. The number of amides is 2. The molecule has 148 valence electrons. The van der Waals surface area contributed by atoms with Crippen molar-refractivity contribution in [2.24, 2.45) is 35.3 Å². The number of carbonyl (C=O) groups excluding carboxylic acids is 2. The minimum atomic E-state index is 0.0550. The molecule has 3 unspecified atom stereocenters. The summed E-state index contributed by atoms with van der Waals surface area (Å²) >= 11 is 0. The van der Waals surface area contributed by atoms with Crippen LogP contribution in [-0.4, -0.2) is 41.9 Å². The Labute approximate surface area is 158 Å². The largest absolute Gasteiger partial charge is 0.353 e. The van der Waals surface area contributed by atoms with Crippen LogP contribution in [0.4, 0.5) is 0 Å². The molecule has 3 rings (SSSR count). The zero-order valence-corrected chi connectivity index (χ0v) is 16.7. The van der Waals surface area contributed by atoms with Crippen LogP contribution in [0, 0.1) is 29.6 Å². The maximum atomic E-state index is 13.0. The average Bonchev–Trinajstić information content (AvgIpc) is 2.61. The zero-order valence-electron chi connectivity index (χ0n) is 16.7. The molecule has 3 atom stereocenters. The van der Waals surface area contributed by atoms with Gasteiger partial charge in [0.1, 0.15) is 0 Å². The van der Waals surface area contributed by atoms with Gasteiger partial charge in [-0.25, -0.2) is 0 Å². The van der Waals surface area contributed by atoms with Crippen molar-refractivity contribution in [2.75, 3.05) is 13.1 Å². The van der Waals surface area contributed by atoms with Crippen LogP contribution in [0.15, 0.2) is 0 Å². The van der Waals surface area contributed by atoms with E-state index in [1.54, 1.807) is 0 Å². The summed E-state index contributed by atoms with van der Waals surface area (Å²) < 4.78 is 0. The Morgan fingerprint density at radius 2 is 1.54 bits per heavy atom. The number of rotatable bonds is 4. The van der Waals surface area contributed by atoms with Crippen molar-refractivity contribution in [2.45, 2.75) is 77.8 Å². The van der Waals surface area contributed by atoms with Crippen LogP contribution < -0.4 is 11.1 Å². The predicted molar refractivity (Wildman–Crippen MR) is 103 cm³/mol. The molecule has 3 N–H and O–H groups in total. The van der Waals surface area contributed by atoms with E-state index >= 15 is 0 Å². The van der Waals surface area contributed by atoms with E-state index in [4.69, 9.17) is 5.73 Å². The van der Waals surface area contributed by atoms with E-state index in [-0.39, 0.29) is 23.8 Å². The number of nitrogens with two attached hydrogens (primary N) is 1. The van der Waals surface area contributed by atoms with E-state index in [2.05, 4.69) is 26.1 Å². The summed E-state index contributed by atoms with van der Waals surface area (Å²) in [5.41, 5.74) is 6.37. The molecule has 5 heteroatoms. The Morgan fingerprint density at radius 1 is 0.962 bits per heavy atom. The zero-order chi connectivity index (χ0) is 18.8. The van der Waals surface area contributed by atoms with Gasteiger partial charge in [-0.3, -0.25) is 9.59 Å². The van der Waals surface area contributed by atoms with E-state index in [9.17, 15) is 9.59 Å². The fraction of sp³-hybridized carbons (Fsp3) is 0.905. The number of hydrogen-bond donors (Lipinski definition) is 2. The van der Waals surface area contributed by atoms with Gasteiger partial charge in [0, 0.05) is 37.0 Å². The van der Waals surface area contributed by atoms with Crippen molar-refractivity contribution < 1.29 is 9.59 Å². The topological polar surface area (TPSA) is 75.4 Å². The van der Waals surface area contributed by atoms with Crippen molar-refractivity contribution in [3.05, 3.63) is 0 Å². The number of hydrogen-bond acceptors (Lipinski definition) is 3. The van der Waals surface area contributed by atoms with Crippen LogP contribution in [0.3, 0.4) is 0 Å². The second-order valence-corrected chi connectivity index (χ2v) is 9.34. The molecule has 0 radical (unpaired) electrons. The molecule has 0 aromatic rings. The lowest BCUT2D eigenvalue weighted by Crippen LogP contribution is -2.51. The first-order chi connectivity index (χ1) is 12.4. The molecule has 2 aliphatic carbocycles. The van der Waals surface area contributed by atoms with Gasteiger partial charge in [0.15, 0.2) is 0 Å². The van der Waals surface area contributed by atoms with Crippen LogP contribution in [0.2, 0.25) is 0 Å². The maximum Gasteiger partial charge on any atom is 0.225 e. The summed E-state index contributed by atoms with van der Waals surface area (Å²) in [5.74, 6) is 2.22. The normalized spacial score (nSPS) is 33.8. The van der Waals surface area contributed by atoms with E-state index in [0.29, 0.717) is 29.7 Å². The highest BCUT2D eigenvalue weighted by Gasteiger charge is 2.42. The Hall–Kier alpha value is -1.10. The lowest BCUT2D eigenvalue weighted by molar-refractivity contribution is -0.142. The number of nitrogens with zero attached hydrogens (tertiary/aromatic N) is 1. The third kappa shape index (κ3) is 4.24. The van der Waals surface area contributed by atoms with Crippen molar-refractivity contribution >= 4 is 11.8 Å². The molecule has 2 saturated carbocycles. The molecular formula is C21H37N3O2. The first-order valence-electron chi connectivity index (χ1n) is 10.7. The van der Waals surface area contributed by atoms with Gasteiger partial charge in [-0.15, -0.1) is 0 Å². The number of fused-ring (bicyclic) bond motifs is 2. The number of nitrogens with one attached hydrogen (secondary N) is 1. The summed E-state index contributed by atoms with van der Waals surface area (Å²) in [6.07, 6.45) is 7.20. The summed E-state index contributed by atoms with van der Waals surface area (Å²) in [6, 6.07) is 0.512. The lowest BCUT2D eigenvalue weighted by atomic mass is 9.65. The molecule has 1 heterocycles. The Kier molecular flexibility index (Phi) is 6.26. The molecule has 2 amide bonds. The van der Waals surface area contributed by atoms with Crippen LogP contribution in [0.25, 0.3) is 0 Å². The Bertz CT molecular complexity index is 499. The Morgan fingerprint density at radius 3 is 2.08 bits per heavy atom. The first kappa shape index (κ1) is 19.7. The summed E-state index contributed by atoms with van der Waals surface area (Å²) in [5, 5.41) is 3.13. The number of piperidine rings is 1. The molecule has 0 spiro atoms. The highest BCUT2D eigenvalue weighted by molar-refractivity contribution is 5.81. The molecule has 2 bridgehead atoms. The van der Waals surface area contributed by atoms with Gasteiger partial charge in [0.05, 0.1) is 0 Å². The van der Waals surface area contributed by atoms with Gasteiger partial charge in [0.2, 0.25) is 11.8 Å². The second-order valence-electron chi connectivity index (χ2n) is 9.34. The van der Waals surface area contributed by atoms with Crippen molar-refractivity contribution in [3.8, 4) is 0 Å². The SMILES string of the molecule is CC(C)C(C)NC(=O)C1CCN(C(=O)C2CC3CCCC(C2)C3N)CC1. The molecule has 1 saturated heterocycles. The number of likely N-dealkylation sites (tertiary alicyclic amines) is 1. The van der Waals surface area contributed by atoms with Crippen LogP contribution >= 0.6 is 0 Å². The van der Waals surface area contributed by atoms with Gasteiger partial charge in [-0.2, -0.15) is 0 Å². The van der Waals surface area contributed by atoms with Gasteiger partial charge in [-0.05, 0) is 63.2 Å². The quantitative estimate of drug-likeness (QED) is 0.806. The summed E-state index contributed by atoms with van der Waals surface area (Å²) in [6.45, 7) is 7.76. The summed E-state index contributed by atoms with van der Waals surface area (Å²) in [7, 11) is 0. The molecule has 3 fully saturated rings. The van der Waals surface area contributed by atoms with Gasteiger partial charge < -0.3 is 16.0 Å². The highest BCUT2D eigenvalue weighted by atomic mass is 16.2. The fourth-order valence-electron chi connectivity index (χ4n) is 5.12. The third-order valence-electron chi connectivity index (χ3n) is 7.31. The standard InChI is InChI=1S/C21H37N3O2/c1-13(2)14(3)23-20(25)15-7-9-24(10-8-15)21(26)18-11-16-5-4-6-17(12-18)19(16)22/h13-19H,4-12,22H2,1-3H3,(H,23,25). The van der Waals surface area contributed by atoms with Crippen molar-refractivity contribution in [1.82, 2.24) is 10.2 Å². The van der Waals surface area contributed by atoms with E-state index < -0.39 is 0 Å². The minimum absolute atomic E-state index is 0.0550. The second kappa shape index (κ2) is 8.28. The predicted octanol–water partition coefficient (Wildman–Crippen LogP) is 2.54. The highest BCUT2D eigenvalue weighted by Crippen LogP contribution is 2.42. The molecular weight excluding hydrogens is 326 g/mol. The molecule has 1 aliphatic heterocycles. The van der Waals surface area contributed by atoms with Gasteiger partial charge in [-0.1, -0.05) is 20.3 Å². The lowest BCUT2D eigenvalue weighted by Gasteiger charge is -2.45. The molecule has 3 aliphatic rings. The smallest absolute Gasteiger partial charge is 0.225 e. The number of carbonyl (C=O) groups is 2. The first-order valence-corrected chi connectivity index (χ1v) is 10.7. The van der Waals surface area contributed by atoms with E-state index in [0.717, 1.165) is 38.8 Å². The molecule has 0 aromatic carbocycles. The fourth-order valence-corrected chi connectivity index (χ4v) is 5.12. The van der Waals surface area contributed by atoms with Crippen molar-refractivity contribution in [3.63, 3.8) is 0 Å². The van der Waals surface area contributed by atoms with E-state index in [1.165, 1.54) is 19.3 Å². The van der Waals surface area contributed by atoms with Crippen molar-refractivity contribution in [1.29, 1.82) is 0 Å². The van der Waals surface area contributed by atoms with Crippen LogP contribution in [-0.2, 0) is 9.59 Å². The van der Waals surface area contributed by atoms with Crippen LogP contribution in [0.5, 0.6) is 0 Å². The monoisotopic (exact) mass is 363 g/mol. The van der Waals surface area contributed by atoms with Crippen LogP contribution in [0.1, 0.15) is 65.7 Å². The molecule has 0 aromatic heterocycles. The minimum Gasteiger partial charge on any atom is -0.353 e. The molecule has 26 heavy (non-hydrogen) atoms. The van der Waals surface area contributed by atoms with Gasteiger partial charge in [0.25, 0.3) is 0 Å².